The molecule has 1 aromatic carbocycles. The Morgan fingerprint density at radius 1 is 1.23 bits per heavy atom. The van der Waals surface area contributed by atoms with E-state index in [1.807, 2.05) is 32.2 Å². The van der Waals surface area contributed by atoms with E-state index in [0.29, 0.717) is 12.2 Å². The number of alkyl halides is 3. The summed E-state index contributed by atoms with van der Waals surface area (Å²) in [4.78, 5) is 21.9. The lowest BCUT2D eigenvalue weighted by molar-refractivity contribution is -0.160. The fourth-order valence-electron chi connectivity index (χ4n) is 3.74. The number of aromatic amines is 1. The third-order valence-electron chi connectivity index (χ3n) is 5.74. The van der Waals surface area contributed by atoms with Gasteiger partial charge in [-0.2, -0.15) is 13.2 Å². The number of H-pyrrole nitrogens is 1. The van der Waals surface area contributed by atoms with Crippen molar-refractivity contribution in [2.24, 2.45) is 0 Å². The molecule has 0 bridgehead atoms. The molecule has 0 radical (unpaired) electrons. The van der Waals surface area contributed by atoms with Crippen molar-refractivity contribution in [3.05, 3.63) is 59.9 Å². The van der Waals surface area contributed by atoms with Gasteiger partial charge in [0, 0.05) is 36.1 Å². The van der Waals surface area contributed by atoms with Crippen LogP contribution in [0.3, 0.4) is 0 Å². The van der Waals surface area contributed by atoms with Gasteiger partial charge in [0.05, 0.1) is 5.41 Å². The van der Waals surface area contributed by atoms with Gasteiger partial charge in [-0.3, -0.25) is 0 Å². The number of nitrogens with zero attached hydrogens (tertiary/aromatic N) is 2. The zero-order valence-corrected chi connectivity index (χ0v) is 16.8. The third kappa shape index (κ3) is 3.62. The molecular weight excluding hydrogens is 393 g/mol. The standard InChI is InChI=1S/C22H23F3N4O/c1-14(2)29(13-15-12-27-19-18(15)4-3-11-26-19)20(30)28-17-7-5-16(6-8-17)21(9-10-21)22(23,24)25/h3-8,11-12,14H,9-10,13H2,1-2H3,(H,26,27)(H,28,30). The van der Waals surface area contributed by atoms with E-state index >= 15 is 0 Å². The number of aromatic nitrogens is 2. The minimum Gasteiger partial charge on any atom is -0.346 e. The number of nitrogens with one attached hydrogen (secondary N) is 2. The van der Waals surface area contributed by atoms with E-state index in [-0.39, 0.29) is 30.5 Å². The lowest BCUT2D eigenvalue weighted by atomic mass is 9.95. The van der Waals surface area contributed by atoms with Crippen LogP contribution in [-0.4, -0.2) is 33.1 Å². The highest BCUT2D eigenvalue weighted by atomic mass is 19.4. The van der Waals surface area contributed by atoms with E-state index in [1.165, 1.54) is 24.3 Å². The van der Waals surface area contributed by atoms with Crippen LogP contribution in [0.5, 0.6) is 0 Å². The van der Waals surface area contributed by atoms with Gasteiger partial charge >= 0.3 is 12.2 Å². The topological polar surface area (TPSA) is 61.0 Å². The quantitative estimate of drug-likeness (QED) is 0.569. The summed E-state index contributed by atoms with van der Waals surface area (Å²) in [6, 6.07) is 9.38. The zero-order valence-electron chi connectivity index (χ0n) is 16.8. The maximum absolute atomic E-state index is 13.3. The summed E-state index contributed by atoms with van der Waals surface area (Å²) >= 11 is 0. The smallest absolute Gasteiger partial charge is 0.346 e. The molecule has 158 valence electrons. The highest BCUT2D eigenvalue weighted by molar-refractivity contribution is 5.90. The first kappa shape index (κ1) is 20.3. The van der Waals surface area contributed by atoms with E-state index in [2.05, 4.69) is 15.3 Å². The number of amides is 2. The first-order chi connectivity index (χ1) is 14.2. The highest BCUT2D eigenvalue weighted by Crippen LogP contribution is 2.58. The molecule has 2 heterocycles. The molecule has 0 aliphatic heterocycles. The summed E-state index contributed by atoms with van der Waals surface area (Å²) in [7, 11) is 0. The molecule has 0 saturated heterocycles. The predicted molar refractivity (Wildman–Crippen MR) is 109 cm³/mol. The van der Waals surface area contributed by atoms with Crippen molar-refractivity contribution in [3.8, 4) is 0 Å². The van der Waals surface area contributed by atoms with Crippen LogP contribution in [0.4, 0.5) is 23.7 Å². The van der Waals surface area contributed by atoms with Crippen molar-refractivity contribution in [1.82, 2.24) is 14.9 Å². The lowest BCUT2D eigenvalue weighted by Gasteiger charge is -2.27. The van der Waals surface area contributed by atoms with Crippen LogP contribution < -0.4 is 5.32 Å². The fraction of sp³-hybridized carbons (Fsp3) is 0.364. The number of anilines is 1. The summed E-state index contributed by atoms with van der Waals surface area (Å²) in [6.45, 7) is 4.20. The number of hydrogen-bond acceptors (Lipinski definition) is 2. The molecule has 2 N–H and O–H groups in total. The monoisotopic (exact) mass is 416 g/mol. The Morgan fingerprint density at radius 3 is 2.53 bits per heavy atom. The van der Waals surface area contributed by atoms with Crippen molar-refractivity contribution in [3.63, 3.8) is 0 Å². The molecule has 5 nitrogen and oxygen atoms in total. The Hall–Kier alpha value is -3.03. The van der Waals surface area contributed by atoms with Gasteiger partial charge in [0.15, 0.2) is 0 Å². The van der Waals surface area contributed by atoms with Gasteiger partial charge in [0.25, 0.3) is 0 Å². The summed E-state index contributed by atoms with van der Waals surface area (Å²) in [5.74, 6) is 0. The molecule has 1 aliphatic carbocycles. The fourth-order valence-corrected chi connectivity index (χ4v) is 3.74. The van der Waals surface area contributed by atoms with Crippen molar-refractivity contribution in [1.29, 1.82) is 0 Å². The molecule has 4 rings (SSSR count). The molecule has 0 spiro atoms. The van der Waals surface area contributed by atoms with E-state index in [9.17, 15) is 18.0 Å². The first-order valence-corrected chi connectivity index (χ1v) is 9.87. The maximum atomic E-state index is 13.3. The van der Waals surface area contributed by atoms with Gasteiger partial charge in [-0.15, -0.1) is 0 Å². The van der Waals surface area contributed by atoms with Crippen molar-refractivity contribution >= 4 is 22.8 Å². The van der Waals surface area contributed by atoms with Crippen LogP contribution >= 0.6 is 0 Å². The van der Waals surface area contributed by atoms with Crippen molar-refractivity contribution in [2.75, 3.05) is 5.32 Å². The average Bonchev–Trinajstić information content (AvgIpc) is 3.42. The molecule has 2 aromatic heterocycles. The molecule has 8 heteroatoms. The third-order valence-corrected chi connectivity index (χ3v) is 5.74. The van der Waals surface area contributed by atoms with Crippen molar-refractivity contribution in [2.45, 2.75) is 50.9 Å². The number of hydrogen-bond donors (Lipinski definition) is 2. The first-order valence-electron chi connectivity index (χ1n) is 9.87. The SMILES string of the molecule is CC(C)N(Cc1c[nH]c2ncccc12)C(=O)Nc1ccc(C2(C(F)(F)F)CC2)cc1. The maximum Gasteiger partial charge on any atom is 0.398 e. The van der Waals surface area contributed by atoms with Gasteiger partial charge in [-0.1, -0.05) is 12.1 Å². The number of benzene rings is 1. The van der Waals surface area contributed by atoms with Gasteiger partial charge in [-0.05, 0) is 62.1 Å². The van der Waals surface area contributed by atoms with E-state index in [1.54, 1.807) is 11.1 Å². The van der Waals surface area contributed by atoms with E-state index < -0.39 is 11.6 Å². The summed E-state index contributed by atoms with van der Waals surface area (Å²) in [6.07, 6.45) is -0.489. The largest absolute Gasteiger partial charge is 0.398 e. The van der Waals surface area contributed by atoms with Crippen LogP contribution in [0.15, 0.2) is 48.8 Å². The van der Waals surface area contributed by atoms with Crippen molar-refractivity contribution < 1.29 is 18.0 Å². The number of urea groups is 1. The average molecular weight is 416 g/mol. The second-order valence-electron chi connectivity index (χ2n) is 8.02. The van der Waals surface area contributed by atoms with Crippen LogP contribution in [0, 0.1) is 0 Å². The summed E-state index contributed by atoms with van der Waals surface area (Å²) in [5, 5.41) is 3.75. The number of fused-ring (bicyclic) bond motifs is 1. The number of halogens is 3. The van der Waals surface area contributed by atoms with Crippen LogP contribution in [0.25, 0.3) is 11.0 Å². The summed E-state index contributed by atoms with van der Waals surface area (Å²) < 4.78 is 39.9. The molecule has 1 saturated carbocycles. The Bertz CT molecular complexity index is 1050. The number of carbonyl (C=O) groups excluding carboxylic acids is 1. The Kier molecular flexibility index (Phi) is 4.95. The number of pyridine rings is 1. The number of rotatable bonds is 5. The Balaban J connectivity index is 1.48. The molecule has 2 amide bonds. The van der Waals surface area contributed by atoms with Gasteiger partial charge in [0.2, 0.25) is 0 Å². The molecule has 1 aliphatic rings. The number of carbonyl (C=O) groups is 1. The minimum atomic E-state index is -4.25. The van der Waals surface area contributed by atoms with E-state index in [4.69, 9.17) is 0 Å². The van der Waals surface area contributed by atoms with Crippen LogP contribution in [-0.2, 0) is 12.0 Å². The summed E-state index contributed by atoms with van der Waals surface area (Å²) in [5.41, 5.74) is 0.695. The Morgan fingerprint density at radius 2 is 1.93 bits per heavy atom. The lowest BCUT2D eigenvalue weighted by Crippen LogP contribution is -2.39. The Labute approximate surface area is 172 Å². The molecule has 1 fully saturated rings. The van der Waals surface area contributed by atoms with Gasteiger partial charge < -0.3 is 15.2 Å². The predicted octanol–water partition coefficient (Wildman–Crippen LogP) is 5.60. The molecular formula is C22H23F3N4O. The van der Waals surface area contributed by atoms with Gasteiger partial charge in [0.1, 0.15) is 5.65 Å². The molecule has 0 unspecified atom stereocenters. The van der Waals surface area contributed by atoms with E-state index in [0.717, 1.165) is 16.6 Å². The second kappa shape index (κ2) is 7.34. The molecule has 0 atom stereocenters. The van der Waals surface area contributed by atoms with Crippen LogP contribution in [0.1, 0.15) is 37.8 Å². The molecule has 30 heavy (non-hydrogen) atoms. The minimum absolute atomic E-state index is 0.0779. The van der Waals surface area contributed by atoms with Crippen LogP contribution in [0.2, 0.25) is 0 Å². The molecule has 3 aromatic rings. The second-order valence-corrected chi connectivity index (χ2v) is 8.02. The highest BCUT2D eigenvalue weighted by Gasteiger charge is 2.64. The van der Waals surface area contributed by atoms with Gasteiger partial charge in [-0.25, -0.2) is 9.78 Å². The zero-order chi connectivity index (χ0) is 21.5. The normalized spacial score (nSPS) is 15.4.